The average molecular weight is 219 g/mol. The standard InChI is InChI=1S/C12H14FN3/c1-7-8(2)16(9(3)15-7)12-6-10(14)4-5-11(12)13/h4-6H,14H2,1-3H3. The van der Waals surface area contributed by atoms with Gasteiger partial charge in [-0.2, -0.15) is 0 Å². The normalized spacial score (nSPS) is 10.8. The Morgan fingerprint density at radius 3 is 2.50 bits per heavy atom. The summed E-state index contributed by atoms with van der Waals surface area (Å²) in [4.78, 5) is 4.31. The first-order valence-corrected chi connectivity index (χ1v) is 5.08. The molecular weight excluding hydrogens is 205 g/mol. The third-order valence-electron chi connectivity index (χ3n) is 2.72. The zero-order valence-electron chi connectivity index (χ0n) is 9.58. The van der Waals surface area contributed by atoms with E-state index in [9.17, 15) is 4.39 Å². The van der Waals surface area contributed by atoms with Crippen LogP contribution in [0.5, 0.6) is 0 Å². The number of imidazole rings is 1. The molecule has 0 aliphatic heterocycles. The van der Waals surface area contributed by atoms with Gasteiger partial charge in [-0.25, -0.2) is 9.37 Å². The van der Waals surface area contributed by atoms with Gasteiger partial charge >= 0.3 is 0 Å². The lowest BCUT2D eigenvalue weighted by Gasteiger charge is -2.10. The van der Waals surface area contributed by atoms with Gasteiger partial charge in [-0.15, -0.1) is 0 Å². The fraction of sp³-hybridized carbons (Fsp3) is 0.250. The second kappa shape index (κ2) is 3.63. The van der Waals surface area contributed by atoms with Crippen LogP contribution in [0.15, 0.2) is 18.2 Å². The maximum absolute atomic E-state index is 13.7. The number of hydrogen-bond acceptors (Lipinski definition) is 2. The van der Waals surface area contributed by atoms with Crippen molar-refractivity contribution in [1.29, 1.82) is 0 Å². The van der Waals surface area contributed by atoms with Crippen LogP contribution in [0.3, 0.4) is 0 Å². The van der Waals surface area contributed by atoms with E-state index in [1.807, 2.05) is 20.8 Å². The van der Waals surface area contributed by atoms with Crippen molar-refractivity contribution in [3.8, 4) is 5.69 Å². The van der Waals surface area contributed by atoms with Crippen molar-refractivity contribution in [2.45, 2.75) is 20.8 Å². The van der Waals surface area contributed by atoms with Crippen LogP contribution < -0.4 is 5.73 Å². The summed E-state index contributed by atoms with van der Waals surface area (Å²) in [7, 11) is 0. The van der Waals surface area contributed by atoms with E-state index in [-0.39, 0.29) is 5.82 Å². The van der Waals surface area contributed by atoms with Crippen LogP contribution in [0.2, 0.25) is 0 Å². The molecule has 0 aliphatic rings. The number of aryl methyl sites for hydroxylation is 2. The highest BCUT2D eigenvalue weighted by molar-refractivity contribution is 5.50. The molecule has 0 fully saturated rings. The zero-order valence-corrected chi connectivity index (χ0v) is 9.58. The number of hydrogen-bond donors (Lipinski definition) is 1. The molecule has 0 atom stereocenters. The second-order valence-corrected chi connectivity index (χ2v) is 3.88. The number of rotatable bonds is 1. The molecule has 2 aromatic rings. The monoisotopic (exact) mass is 219 g/mol. The molecule has 84 valence electrons. The van der Waals surface area contributed by atoms with Crippen molar-refractivity contribution >= 4 is 5.69 Å². The highest BCUT2D eigenvalue weighted by Crippen LogP contribution is 2.21. The Balaban J connectivity index is 2.71. The van der Waals surface area contributed by atoms with E-state index in [0.29, 0.717) is 11.4 Å². The van der Waals surface area contributed by atoms with E-state index in [4.69, 9.17) is 5.73 Å². The Bertz CT molecular complexity index is 543. The Morgan fingerprint density at radius 1 is 1.25 bits per heavy atom. The molecule has 4 heteroatoms. The molecule has 0 bridgehead atoms. The molecular formula is C12H14FN3. The minimum absolute atomic E-state index is 0.294. The largest absolute Gasteiger partial charge is 0.399 e. The Labute approximate surface area is 93.7 Å². The maximum Gasteiger partial charge on any atom is 0.147 e. The van der Waals surface area contributed by atoms with Crippen molar-refractivity contribution in [3.63, 3.8) is 0 Å². The van der Waals surface area contributed by atoms with Crippen LogP contribution in [0.1, 0.15) is 17.2 Å². The van der Waals surface area contributed by atoms with Gasteiger partial charge in [0, 0.05) is 11.4 Å². The van der Waals surface area contributed by atoms with Crippen molar-refractivity contribution in [1.82, 2.24) is 9.55 Å². The summed E-state index contributed by atoms with van der Waals surface area (Å²) in [5, 5.41) is 0. The summed E-state index contributed by atoms with van der Waals surface area (Å²) >= 11 is 0. The lowest BCUT2D eigenvalue weighted by atomic mass is 10.2. The molecule has 2 rings (SSSR count). The fourth-order valence-electron chi connectivity index (χ4n) is 1.83. The number of benzene rings is 1. The molecule has 3 nitrogen and oxygen atoms in total. The first-order valence-electron chi connectivity index (χ1n) is 5.08. The van der Waals surface area contributed by atoms with Crippen molar-refractivity contribution < 1.29 is 4.39 Å². The van der Waals surface area contributed by atoms with Gasteiger partial charge in [0.05, 0.1) is 11.4 Å². The van der Waals surface area contributed by atoms with Crippen molar-refractivity contribution in [3.05, 3.63) is 41.2 Å². The SMILES string of the molecule is Cc1nc(C)n(-c2cc(N)ccc2F)c1C. The van der Waals surface area contributed by atoms with Gasteiger partial charge in [0.15, 0.2) is 0 Å². The molecule has 0 spiro atoms. The van der Waals surface area contributed by atoms with Gasteiger partial charge < -0.3 is 5.73 Å². The van der Waals surface area contributed by atoms with Gasteiger partial charge in [-0.05, 0) is 39.0 Å². The lowest BCUT2D eigenvalue weighted by molar-refractivity contribution is 0.615. The number of nitrogens with zero attached hydrogens (tertiary/aromatic N) is 2. The molecule has 0 unspecified atom stereocenters. The van der Waals surface area contributed by atoms with Gasteiger partial charge in [-0.1, -0.05) is 0 Å². The Morgan fingerprint density at radius 2 is 1.94 bits per heavy atom. The summed E-state index contributed by atoms with van der Waals surface area (Å²) in [5.41, 5.74) is 8.50. The van der Waals surface area contributed by atoms with Crippen LogP contribution >= 0.6 is 0 Å². The predicted molar refractivity (Wildman–Crippen MR) is 62.1 cm³/mol. The van der Waals surface area contributed by atoms with Gasteiger partial charge in [0.25, 0.3) is 0 Å². The minimum Gasteiger partial charge on any atom is -0.399 e. The number of aromatic nitrogens is 2. The summed E-state index contributed by atoms with van der Waals surface area (Å²) in [6, 6.07) is 4.54. The molecule has 0 saturated carbocycles. The lowest BCUT2D eigenvalue weighted by Crippen LogP contribution is -2.03. The van der Waals surface area contributed by atoms with Crippen LogP contribution in [-0.2, 0) is 0 Å². The van der Waals surface area contributed by atoms with Gasteiger partial charge in [-0.3, -0.25) is 4.57 Å². The predicted octanol–water partition coefficient (Wildman–Crippen LogP) is 2.52. The molecule has 0 aliphatic carbocycles. The summed E-state index contributed by atoms with van der Waals surface area (Å²) in [6.07, 6.45) is 0. The third-order valence-corrected chi connectivity index (χ3v) is 2.72. The van der Waals surface area contributed by atoms with Crippen LogP contribution in [0.4, 0.5) is 10.1 Å². The van der Waals surface area contributed by atoms with E-state index in [2.05, 4.69) is 4.98 Å². The van der Waals surface area contributed by atoms with Gasteiger partial charge in [0.2, 0.25) is 0 Å². The van der Waals surface area contributed by atoms with E-state index in [1.165, 1.54) is 6.07 Å². The molecule has 1 aromatic heterocycles. The number of anilines is 1. The number of nitrogens with two attached hydrogens (primary N) is 1. The van der Waals surface area contributed by atoms with E-state index < -0.39 is 0 Å². The van der Waals surface area contributed by atoms with E-state index >= 15 is 0 Å². The highest BCUT2D eigenvalue weighted by atomic mass is 19.1. The Kier molecular flexibility index (Phi) is 2.42. The van der Waals surface area contributed by atoms with Crippen LogP contribution in [0, 0.1) is 26.6 Å². The average Bonchev–Trinajstić information content (AvgIpc) is 2.46. The third kappa shape index (κ3) is 1.56. The zero-order chi connectivity index (χ0) is 11.9. The number of halogens is 1. The second-order valence-electron chi connectivity index (χ2n) is 3.88. The van der Waals surface area contributed by atoms with Crippen LogP contribution in [0.25, 0.3) is 5.69 Å². The first kappa shape index (κ1) is 10.7. The summed E-state index contributed by atoms with van der Waals surface area (Å²) in [5.74, 6) is 0.470. The van der Waals surface area contributed by atoms with E-state index in [0.717, 1.165) is 17.2 Å². The van der Waals surface area contributed by atoms with Gasteiger partial charge in [0.1, 0.15) is 11.6 Å². The van der Waals surface area contributed by atoms with Crippen LogP contribution in [-0.4, -0.2) is 9.55 Å². The molecule has 0 saturated heterocycles. The number of nitrogen functional groups attached to an aromatic ring is 1. The van der Waals surface area contributed by atoms with Crippen molar-refractivity contribution in [2.75, 3.05) is 5.73 Å². The minimum atomic E-state index is -0.294. The smallest absolute Gasteiger partial charge is 0.147 e. The quantitative estimate of drug-likeness (QED) is 0.749. The summed E-state index contributed by atoms with van der Waals surface area (Å²) < 4.78 is 15.5. The molecule has 1 aromatic carbocycles. The maximum atomic E-state index is 13.7. The van der Waals surface area contributed by atoms with E-state index in [1.54, 1.807) is 16.7 Å². The topological polar surface area (TPSA) is 43.8 Å². The molecule has 0 radical (unpaired) electrons. The molecule has 0 amide bonds. The van der Waals surface area contributed by atoms with Crippen molar-refractivity contribution in [2.24, 2.45) is 0 Å². The fourth-order valence-corrected chi connectivity index (χ4v) is 1.83. The molecule has 2 N–H and O–H groups in total. The molecule has 1 heterocycles. The first-order chi connectivity index (χ1) is 7.50. The Hall–Kier alpha value is -1.84. The summed E-state index contributed by atoms with van der Waals surface area (Å²) in [6.45, 7) is 5.67. The molecule has 16 heavy (non-hydrogen) atoms. The highest BCUT2D eigenvalue weighted by Gasteiger charge is 2.12.